The largest absolute Gasteiger partial charge is 0.359 e. The van der Waals surface area contributed by atoms with E-state index in [9.17, 15) is 4.79 Å². The molecule has 1 amide bonds. The molecule has 0 aliphatic rings. The lowest BCUT2D eigenvalue weighted by atomic mass is 10.1. The summed E-state index contributed by atoms with van der Waals surface area (Å²) in [7, 11) is 0. The van der Waals surface area contributed by atoms with Gasteiger partial charge in [-0.05, 0) is 26.8 Å². The van der Waals surface area contributed by atoms with E-state index in [1.54, 1.807) is 19.9 Å². The molecule has 0 fully saturated rings. The maximum absolute atomic E-state index is 12.3. The highest BCUT2D eigenvalue weighted by Crippen LogP contribution is 2.21. The molecule has 6 heteroatoms. The molecule has 0 unspecified atom stereocenters. The minimum absolute atomic E-state index is 0.278. The van der Waals surface area contributed by atoms with Gasteiger partial charge in [0.15, 0.2) is 5.76 Å². The van der Waals surface area contributed by atoms with E-state index in [1.807, 2.05) is 31.2 Å². The van der Waals surface area contributed by atoms with Gasteiger partial charge in [0.1, 0.15) is 17.1 Å². The van der Waals surface area contributed by atoms with Gasteiger partial charge in [-0.25, -0.2) is 0 Å². The fraction of sp³-hybridized carbons (Fsp3) is 0.188. The van der Waals surface area contributed by atoms with E-state index in [0.717, 1.165) is 11.3 Å². The van der Waals surface area contributed by atoms with Crippen LogP contribution in [0.4, 0.5) is 5.69 Å². The summed E-state index contributed by atoms with van der Waals surface area (Å²) in [5.74, 6) is 0.296. The molecule has 0 aliphatic carbocycles. The van der Waals surface area contributed by atoms with Crippen molar-refractivity contribution < 1.29 is 9.32 Å². The Bertz CT molecular complexity index is 796. The van der Waals surface area contributed by atoms with Crippen LogP contribution in [0.15, 0.2) is 34.9 Å². The third-order valence-electron chi connectivity index (χ3n) is 3.44. The zero-order valence-corrected chi connectivity index (χ0v) is 12.6. The number of carbonyl (C=O) groups excluding carboxylic acids is 1. The van der Waals surface area contributed by atoms with Gasteiger partial charge in [0.05, 0.1) is 5.69 Å². The van der Waals surface area contributed by atoms with Crippen molar-refractivity contribution in [1.82, 2.24) is 15.4 Å². The normalized spacial score (nSPS) is 10.7. The van der Waals surface area contributed by atoms with Crippen LogP contribution < -0.4 is 5.32 Å². The highest BCUT2D eigenvalue weighted by atomic mass is 16.5. The molecule has 2 N–H and O–H groups in total. The third kappa shape index (κ3) is 2.63. The van der Waals surface area contributed by atoms with Gasteiger partial charge in [0.25, 0.3) is 5.91 Å². The SMILES string of the molecule is Cc1ccc(-c2cc(C(=O)Nc3c(C)noc3C)[nH]n2)cc1. The third-order valence-corrected chi connectivity index (χ3v) is 3.44. The number of benzene rings is 1. The summed E-state index contributed by atoms with van der Waals surface area (Å²) in [4.78, 5) is 12.3. The molecule has 2 aromatic heterocycles. The average Bonchev–Trinajstić information content (AvgIpc) is 3.10. The quantitative estimate of drug-likeness (QED) is 0.777. The number of anilines is 1. The minimum Gasteiger partial charge on any atom is -0.359 e. The first-order valence-electron chi connectivity index (χ1n) is 6.91. The van der Waals surface area contributed by atoms with Crippen LogP contribution in [-0.2, 0) is 0 Å². The van der Waals surface area contributed by atoms with Crippen molar-refractivity contribution in [1.29, 1.82) is 0 Å². The number of amides is 1. The number of carbonyl (C=O) groups is 1. The van der Waals surface area contributed by atoms with Crippen LogP contribution in [0.3, 0.4) is 0 Å². The molecule has 0 aliphatic heterocycles. The Morgan fingerprint density at radius 2 is 1.91 bits per heavy atom. The zero-order chi connectivity index (χ0) is 15.7. The number of aromatic amines is 1. The van der Waals surface area contributed by atoms with Gasteiger partial charge in [-0.1, -0.05) is 35.0 Å². The maximum Gasteiger partial charge on any atom is 0.273 e. The first kappa shape index (κ1) is 14.1. The number of nitrogens with one attached hydrogen (secondary N) is 2. The molecular weight excluding hydrogens is 280 g/mol. The Hall–Kier alpha value is -2.89. The first-order chi connectivity index (χ1) is 10.5. The van der Waals surface area contributed by atoms with E-state index in [-0.39, 0.29) is 5.91 Å². The van der Waals surface area contributed by atoms with Gasteiger partial charge in [0.2, 0.25) is 0 Å². The lowest BCUT2D eigenvalue weighted by Crippen LogP contribution is -2.13. The zero-order valence-electron chi connectivity index (χ0n) is 12.6. The summed E-state index contributed by atoms with van der Waals surface area (Å²) >= 11 is 0. The summed E-state index contributed by atoms with van der Waals surface area (Å²) in [6.07, 6.45) is 0. The van der Waals surface area contributed by atoms with Crippen molar-refractivity contribution in [2.24, 2.45) is 0 Å². The standard InChI is InChI=1S/C16H16N4O2/c1-9-4-6-12(7-5-9)13-8-14(19-18-13)16(21)17-15-10(2)20-22-11(15)3/h4-8H,1-3H3,(H,17,21)(H,18,19). The molecule has 3 aromatic rings. The number of H-pyrrole nitrogens is 1. The molecule has 1 aromatic carbocycles. The number of aryl methyl sites for hydroxylation is 3. The summed E-state index contributed by atoms with van der Waals surface area (Å²) in [6.45, 7) is 5.55. The van der Waals surface area contributed by atoms with E-state index in [4.69, 9.17) is 4.52 Å². The second kappa shape index (κ2) is 5.48. The van der Waals surface area contributed by atoms with Crippen molar-refractivity contribution in [3.63, 3.8) is 0 Å². The smallest absolute Gasteiger partial charge is 0.273 e. The van der Waals surface area contributed by atoms with E-state index in [0.29, 0.717) is 22.8 Å². The molecule has 22 heavy (non-hydrogen) atoms. The van der Waals surface area contributed by atoms with Crippen LogP contribution in [-0.4, -0.2) is 21.3 Å². The fourth-order valence-corrected chi connectivity index (χ4v) is 2.15. The van der Waals surface area contributed by atoms with Crippen molar-refractivity contribution in [3.8, 4) is 11.3 Å². The molecule has 2 heterocycles. The Morgan fingerprint density at radius 3 is 2.55 bits per heavy atom. The van der Waals surface area contributed by atoms with E-state index >= 15 is 0 Å². The number of nitrogens with zero attached hydrogens (tertiary/aromatic N) is 2. The second-order valence-electron chi connectivity index (χ2n) is 5.19. The molecule has 6 nitrogen and oxygen atoms in total. The van der Waals surface area contributed by atoms with Gasteiger partial charge >= 0.3 is 0 Å². The average molecular weight is 296 g/mol. The summed E-state index contributed by atoms with van der Waals surface area (Å²) < 4.78 is 5.03. The van der Waals surface area contributed by atoms with Gasteiger partial charge < -0.3 is 9.84 Å². The molecule has 112 valence electrons. The highest BCUT2D eigenvalue weighted by Gasteiger charge is 2.16. The molecule has 0 saturated carbocycles. The Kier molecular flexibility index (Phi) is 3.50. The Labute approximate surface area is 127 Å². The summed E-state index contributed by atoms with van der Waals surface area (Å²) in [6, 6.07) is 9.68. The Morgan fingerprint density at radius 1 is 1.18 bits per heavy atom. The molecule has 0 atom stereocenters. The van der Waals surface area contributed by atoms with Crippen LogP contribution in [0, 0.1) is 20.8 Å². The predicted octanol–water partition coefficient (Wildman–Crippen LogP) is 3.24. The van der Waals surface area contributed by atoms with Crippen LogP contribution in [0.5, 0.6) is 0 Å². The van der Waals surface area contributed by atoms with Crippen molar-refractivity contribution >= 4 is 11.6 Å². The van der Waals surface area contributed by atoms with Crippen molar-refractivity contribution in [3.05, 3.63) is 53.0 Å². The van der Waals surface area contributed by atoms with Gasteiger partial charge in [-0.15, -0.1) is 0 Å². The number of hydrogen-bond acceptors (Lipinski definition) is 4. The first-order valence-corrected chi connectivity index (χ1v) is 6.91. The van der Waals surface area contributed by atoms with E-state index < -0.39 is 0 Å². The summed E-state index contributed by atoms with van der Waals surface area (Å²) in [5.41, 5.74) is 4.48. The lowest BCUT2D eigenvalue weighted by Gasteiger charge is -2.01. The van der Waals surface area contributed by atoms with E-state index in [2.05, 4.69) is 20.7 Å². The molecule has 3 rings (SSSR count). The number of hydrogen-bond donors (Lipinski definition) is 2. The van der Waals surface area contributed by atoms with Crippen molar-refractivity contribution in [2.75, 3.05) is 5.32 Å². The van der Waals surface area contributed by atoms with Crippen LogP contribution in [0.25, 0.3) is 11.3 Å². The number of aromatic nitrogens is 3. The molecular formula is C16H16N4O2. The molecule has 0 bridgehead atoms. The van der Waals surface area contributed by atoms with Crippen LogP contribution in [0.1, 0.15) is 27.5 Å². The highest BCUT2D eigenvalue weighted by molar-refractivity contribution is 6.04. The summed E-state index contributed by atoms with van der Waals surface area (Å²) in [5, 5.41) is 13.5. The van der Waals surface area contributed by atoms with Crippen LogP contribution >= 0.6 is 0 Å². The van der Waals surface area contributed by atoms with E-state index in [1.165, 1.54) is 5.56 Å². The number of rotatable bonds is 3. The van der Waals surface area contributed by atoms with Crippen LogP contribution in [0.2, 0.25) is 0 Å². The molecule has 0 spiro atoms. The predicted molar refractivity (Wildman–Crippen MR) is 82.7 cm³/mol. The molecule has 0 saturated heterocycles. The molecule has 0 radical (unpaired) electrons. The Balaban J connectivity index is 1.81. The minimum atomic E-state index is -0.278. The monoisotopic (exact) mass is 296 g/mol. The van der Waals surface area contributed by atoms with Gasteiger partial charge in [-0.3, -0.25) is 9.89 Å². The van der Waals surface area contributed by atoms with Crippen molar-refractivity contribution in [2.45, 2.75) is 20.8 Å². The van der Waals surface area contributed by atoms with Gasteiger partial charge in [-0.2, -0.15) is 5.10 Å². The second-order valence-corrected chi connectivity index (χ2v) is 5.19. The topological polar surface area (TPSA) is 83.8 Å². The fourth-order valence-electron chi connectivity index (χ4n) is 2.15. The lowest BCUT2D eigenvalue weighted by molar-refractivity contribution is 0.102. The van der Waals surface area contributed by atoms with Gasteiger partial charge in [0, 0.05) is 5.56 Å². The maximum atomic E-state index is 12.3.